The zero-order valence-electron chi connectivity index (χ0n) is 33.6. The Kier molecular flexibility index (Phi) is 7.52. The normalized spacial score (nSPS) is 14.1. The average molecular weight is 768 g/mol. The summed E-state index contributed by atoms with van der Waals surface area (Å²) in [6.45, 7) is 4.79. The largest absolute Gasteiger partial charge is 0.456 e. The van der Waals surface area contributed by atoms with E-state index in [0.29, 0.717) is 0 Å². The molecule has 9 aromatic carbocycles. The number of fused-ring (bicyclic) bond motifs is 12. The van der Waals surface area contributed by atoms with Gasteiger partial charge in [0, 0.05) is 33.2 Å². The van der Waals surface area contributed by atoms with Crippen molar-refractivity contribution in [3.05, 3.63) is 246 Å². The summed E-state index contributed by atoms with van der Waals surface area (Å²) in [4.78, 5) is 2.38. The smallest absolute Gasteiger partial charge is 0.135 e. The maximum atomic E-state index is 6.18. The molecule has 0 aliphatic heterocycles. The Balaban J connectivity index is 1.02. The Labute approximate surface area is 350 Å². The van der Waals surface area contributed by atoms with Gasteiger partial charge in [-0.05, 0) is 127 Å². The molecule has 0 saturated heterocycles. The van der Waals surface area contributed by atoms with E-state index >= 15 is 0 Å². The maximum absolute atomic E-state index is 6.18. The van der Waals surface area contributed by atoms with Crippen molar-refractivity contribution in [2.75, 3.05) is 4.90 Å². The Morgan fingerprint density at radius 2 is 0.833 bits per heavy atom. The van der Waals surface area contributed by atoms with Crippen LogP contribution in [-0.2, 0) is 10.8 Å². The summed E-state index contributed by atoms with van der Waals surface area (Å²) >= 11 is 0. The highest BCUT2D eigenvalue weighted by atomic mass is 16.3. The Bertz CT molecular complexity index is 3270. The zero-order valence-corrected chi connectivity index (χ0v) is 33.6. The van der Waals surface area contributed by atoms with E-state index in [1.54, 1.807) is 0 Å². The van der Waals surface area contributed by atoms with Gasteiger partial charge in [-0.15, -0.1) is 0 Å². The summed E-state index contributed by atoms with van der Waals surface area (Å²) < 4.78 is 6.18. The van der Waals surface area contributed by atoms with Gasteiger partial charge in [0.25, 0.3) is 0 Å². The Morgan fingerprint density at radius 3 is 1.53 bits per heavy atom. The minimum absolute atomic E-state index is 0.186. The van der Waals surface area contributed by atoms with Crippen molar-refractivity contribution in [1.29, 1.82) is 0 Å². The van der Waals surface area contributed by atoms with Crippen molar-refractivity contribution in [3.63, 3.8) is 0 Å². The fourth-order valence-electron chi connectivity index (χ4n) is 10.6. The predicted octanol–water partition coefficient (Wildman–Crippen LogP) is 15.4. The summed E-state index contributed by atoms with van der Waals surface area (Å²) in [6, 6.07) is 78.0. The van der Waals surface area contributed by atoms with E-state index in [4.69, 9.17) is 4.42 Å². The fourth-order valence-corrected chi connectivity index (χ4v) is 10.6. The molecular formula is C58H41NO. The van der Waals surface area contributed by atoms with E-state index in [-0.39, 0.29) is 5.41 Å². The van der Waals surface area contributed by atoms with Gasteiger partial charge in [-0.1, -0.05) is 166 Å². The lowest BCUT2D eigenvalue weighted by Crippen LogP contribution is -2.40. The second-order valence-corrected chi connectivity index (χ2v) is 16.9. The predicted molar refractivity (Wildman–Crippen MR) is 249 cm³/mol. The van der Waals surface area contributed by atoms with Gasteiger partial charge >= 0.3 is 0 Å². The Hall–Kier alpha value is -7.42. The molecule has 0 fully saturated rings. The minimum Gasteiger partial charge on any atom is -0.456 e. The molecule has 0 saturated carbocycles. The summed E-state index contributed by atoms with van der Waals surface area (Å²) in [5, 5.41) is 2.26. The molecule has 0 atom stereocenters. The lowest BCUT2D eigenvalue weighted by atomic mass is 9.55. The van der Waals surface area contributed by atoms with Crippen LogP contribution in [0.3, 0.4) is 0 Å². The number of furan rings is 1. The molecule has 0 bridgehead atoms. The van der Waals surface area contributed by atoms with Crippen LogP contribution in [0.2, 0.25) is 0 Å². The third kappa shape index (κ3) is 4.94. The Morgan fingerprint density at radius 1 is 0.333 bits per heavy atom. The molecule has 0 N–H and O–H groups in total. The zero-order chi connectivity index (χ0) is 40.0. The number of hydrogen-bond donors (Lipinski definition) is 0. The van der Waals surface area contributed by atoms with Gasteiger partial charge in [-0.2, -0.15) is 0 Å². The first kappa shape index (κ1) is 34.6. The summed E-state index contributed by atoms with van der Waals surface area (Å²) in [5.74, 6) is 0. The van der Waals surface area contributed by atoms with E-state index in [1.165, 1.54) is 55.6 Å². The SMILES string of the molecule is CC1(C)c2ccccc2C2(c3ccccc3-c3ccccc32)c2cc(-c3cccc(N(c4ccccc4)c4cccc(-c5ccc6oc7ccccc7c6c5)c4)c3)ccc21. The highest BCUT2D eigenvalue weighted by Gasteiger charge is 2.53. The van der Waals surface area contributed by atoms with Gasteiger partial charge in [0.15, 0.2) is 0 Å². The number of anilines is 3. The molecule has 10 aromatic rings. The minimum atomic E-state index is -0.440. The molecule has 12 rings (SSSR count). The molecule has 2 aliphatic rings. The van der Waals surface area contributed by atoms with Crippen LogP contribution in [-0.4, -0.2) is 0 Å². The van der Waals surface area contributed by atoms with Gasteiger partial charge in [-0.3, -0.25) is 0 Å². The van der Waals surface area contributed by atoms with E-state index in [0.717, 1.165) is 50.1 Å². The maximum Gasteiger partial charge on any atom is 0.135 e. The molecular weight excluding hydrogens is 727 g/mol. The summed E-state index contributed by atoms with van der Waals surface area (Å²) in [6.07, 6.45) is 0. The summed E-state index contributed by atoms with van der Waals surface area (Å²) in [5.41, 5.74) is 20.0. The number of benzene rings is 9. The molecule has 2 heteroatoms. The standard InChI is InChI=1S/C58H41NO/c1-57(2)51-27-11-12-28-53(51)58(49-25-9-6-22-45(49)46-23-7-10-26-50(46)58)54-37-41(30-32-52(54)57)39-17-15-21-44(35-39)59(42-18-4-3-5-19-42)43-20-14-16-38(34-43)40-31-33-56-48(36-40)47-24-8-13-29-55(47)60-56/h3-37H,1-2H3. The van der Waals surface area contributed by atoms with Crippen molar-refractivity contribution in [3.8, 4) is 33.4 Å². The average Bonchev–Trinajstić information content (AvgIpc) is 3.83. The van der Waals surface area contributed by atoms with Gasteiger partial charge in [0.05, 0.1) is 5.41 Å². The van der Waals surface area contributed by atoms with Crippen LogP contribution in [0.5, 0.6) is 0 Å². The first-order chi connectivity index (χ1) is 29.5. The van der Waals surface area contributed by atoms with E-state index in [2.05, 4.69) is 219 Å². The second-order valence-electron chi connectivity index (χ2n) is 16.9. The van der Waals surface area contributed by atoms with Crippen LogP contribution in [0.25, 0.3) is 55.3 Å². The molecule has 1 spiro atoms. The van der Waals surface area contributed by atoms with Gasteiger partial charge in [0.1, 0.15) is 11.2 Å². The number of rotatable bonds is 5. The second kappa shape index (κ2) is 13.0. The van der Waals surface area contributed by atoms with Crippen LogP contribution in [0, 0.1) is 0 Å². The molecule has 0 unspecified atom stereocenters. The fraction of sp³-hybridized carbons (Fsp3) is 0.0690. The van der Waals surface area contributed by atoms with Gasteiger partial charge in [-0.25, -0.2) is 0 Å². The quantitative estimate of drug-likeness (QED) is 0.173. The number of para-hydroxylation sites is 2. The van der Waals surface area contributed by atoms with E-state index in [1.807, 2.05) is 12.1 Å². The third-order valence-electron chi connectivity index (χ3n) is 13.3. The van der Waals surface area contributed by atoms with Crippen molar-refractivity contribution in [2.45, 2.75) is 24.7 Å². The molecule has 0 amide bonds. The topological polar surface area (TPSA) is 16.4 Å². The van der Waals surface area contributed by atoms with E-state index in [9.17, 15) is 0 Å². The molecule has 2 nitrogen and oxygen atoms in total. The molecule has 2 aliphatic carbocycles. The van der Waals surface area contributed by atoms with Crippen LogP contribution in [0.4, 0.5) is 17.1 Å². The van der Waals surface area contributed by atoms with Gasteiger partial charge in [0.2, 0.25) is 0 Å². The third-order valence-corrected chi connectivity index (χ3v) is 13.3. The van der Waals surface area contributed by atoms with Crippen LogP contribution < -0.4 is 4.90 Å². The first-order valence-electron chi connectivity index (χ1n) is 20.9. The lowest BCUT2D eigenvalue weighted by molar-refractivity contribution is 0.563. The monoisotopic (exact) mass is 767 g/mol. The molecule has 60 heavy (non-hydrogen) atoms. The van der Waals surface area contributed by atoms with Crippen LogP contribution >= 0.6 is 0 Å². The van der Waals surface area contributed by atoms with Crippen molar-refractivity contribution in [1.82, 2.24) is 0 Å². The first-order valence-corrected chi connectivity index (χ1v) is 20.9. The van der Waals surface area contributed by atoms with Crippen molar-refractivity contribution < 1.29 is 4.42 Å². The van der Waals surface area contributed by atoms with Crippen LogP contribution in [0.15, 0.2) is 217 Å². The van der Waals surface area contributed by atoms with E-state index < -0.39 is 5.41 Å². The molecule has 284 valence electrons. The number of nitrogens with zero attached hydrogens (tertiary/aromatic N) is 1. The molecule has 0 radical (unpaired) electrons. The van der Waals surface area contributed by atoms with Gasteiger partial charge < -0.3 is 9.32 Å². The molecule has 1 aromatic heterocycles. The van der Waals surface area contributed by atoms with Crippen LogP contribution in [0.1, 0.15) is 47.2 Å². The van der Waals surface area contributed by atoms with Crippen molar-refractivity contribution >= 4 is 39.0 Å². The highest BCUT2D eigenvalue weighted by molar-refractivity contribution is 6.06. The van der Waals surface area contributed by atoms with Crippen molar-refractivity contribution in [2.24, 2.45) is 0 Å². The summed E-state index contributed by atoms with van der Waals surface area (Å²) in [7, 11) is 0. The lowest BCUT2D eigenvalue weighted by Gasteiger charge is -2.47. The highest BCUT2D eigenvalue weighted by Crippen LogP contribution is 2.62. The number of hydrogen-bond acceptors (Lipinski definition) is 2. The molecule has 1 heterocycles.